The van der Waals surface area contributed by atoms with Gasteiger partial charge in [0, 0.05) is 50.8 Å². The molecule has 0 unspecified atom stereocenters. The van der Waals surface area contributed by atoms with Crippen LogP contribution in [0.15, 0.2) is 55.8 Å². The van der Waals surface area contributed by atoms with E-state index < -0.39 is 0 Å². The maximum absolute atomic E-state index is 13.8. The SMILES string of the molecule is C=Cc1cc(NC(=O)c2cc(CN3CCC[C@H](C)C3)cn3ccnc23)cc(C2(c3nncn3C)CC(CC#N)C2)c1. The molecule has 0 bridgehead atoms. The van der Waals surface area contributed by atoms with Crippen LogP contribution in [-0.4, -0.2) is 48.0 Å². The number of anilines is 1. The summed E-state index contributed by atoms with van der Waals surface area (Å²) in [6, 6.07) is 10.4. The van der Waals surface area contributed by atoms with Crippen LogP contribution in [0.4, 0.5) is 5.69 Å². The van der Waals surface area contributed by atoms with Crippen molar-refractivity contribution in [2.45, 2.75) is 51.0 Å². The first-order valence-electron chi connectivity index (χ1n) is 14.4. The summed E-state index contributed by atoms with van der Waals surface area (Å²) in [5.41, 5.74) is 4.52. The molecule has 9 nitrogen and oxygen atoms in total. The second kappa shape index (κ2) is 10.9. The van der Waals surface area contributed by atoms with Crippen molar-refractivity contribution in [1.82, 2.24) is 29.0 Å². The van der Waals surface area contributed by atoms with Crippen molar-refractivity contribution in [3.63, 3.8) is 0 Å². The first-order valence-corrected chi connectivity index (χ1v) is 14.4. The van der Waals surface area contributed by atoms with Crippen molar-refractivity contribution in [1.29, 1.82) is 5.26 Å². The summed E-state index contributed by atoms with van der Waals surface area (Å²) in [6.45, 7) is 9.26. The number of hydrogen-bond acceptors (Lipinski definition) is 6. The zero-order valence-electron chi connectivity index (χ0n) is 23.8. The number of amides is 1. The monoisotopic (exact) mass is 548 g/mol. The molecule has 0 spiro atoms. The van der Waals surface area contributed by atoms with E-state index >= 15 is 0 Å². The summed E-state index contributed by atoms with van der Waals surface area (Å²) in [4.78, 5) is 20.8. The molecular weight excluding hydrogens is 512 g/mol. The Hall–Kier alpha value is -4.29. The number of nitrogens with one attached hydrogen (secondary N) is 1. The number of aryl methyl sites for hydroxylation is 1. The molecule has 1 saturated carbocycles. The number of aromatic nitrogens is 5. The number of fused-ring (bicyclic) bond motifs is 1. The highest BCUT2D eigenvalue weighted by Crippen LogP contribution is 2.53. The van der Waals surface area contributed by atoms with E-state index in [0.717, 1.165) is 55.0 Å². The Kier molecular flexibility index (Phi) is 7.18. The van der Waals surface area contributed by atoms with Gasteiger partial charge in [-0.15, -0.1) is 10.2 Å². The molecule has 6 rings (SSSR count). The largest absolute Gasteiger partial charge is 0.322 e. The number of carbonyl (C=O) groups excluding carboxylic acids is 1. The number of benzene rings is 1. The van der Waals surface area contributed by atoms with E-state index in [2.05, 4.69) is 57.2 Å². The molecule has 9 heteroatoms. The molecule has 2 aliphatic rings. The summed E-state index contributed by atoms with van der Waals surface area (Å²) in [7, 11) is 1.95. The molecule has 1 aromatic carbocycles. The Morgan fingerprint density at radius 1 is 1.29 bits per heavy atom. The molecular formula is C32H36N8O. The maximum atomic E-state index is 13.8. The smallest absolute Gasteiger partial charge is 0.259 e. The summed E-state index contributed by atoms with van der Waals surface area (Å²) < 4.78 is 3.89. The van der Waals surface area contributed by atoms with Gasteiger partial charge in [0.05, 0.1) is 17.0 Å². The number of nitriles is 1. The molecule has 2 fully saturated rings. The minimum Gasteiger partial charge on any atom is -0.322 e. The Morgan fingerprint density at radius 2 is 2.15 bits per heavy atom. The van der Waals surface area contributed by atoms with Crippen LogP contribution in [0.25, 0.3) is 11.7 Å². The van der Waals surface area contributed by atoms with Gasteiger partial charge in [-0.1, -0.05) is 25.6 Å². The van der Waals surface area contributed by atoms with Crippen LogP contribution in [0.3, 0.4) is 0 Å². The molecule has 1 saturated heterocycles. The molecule has 1 aliphatic heterocycles. The lowest BCUT2D eigenvalue weighted by molar-refractivity contribution is 0.102. The fourth-order valence-electron chi connectivity index (χ4n) is 6.81. The molecule has 3 aromatic heterocycles. The topological polar surface area (TPSA) is 104 Å². The van der Waals surface area contributed by atoms with Crippen molar-refractivity contribution in [3.8, 4) is 6.07 Å². The van der Waals surface area contributed by atoms with Crippen LogP contribution < -0.4 is 5.32 Å². The van der Waals surface area contributed by atoms with Gasteiger partial charge in [-0.2, -0.15) is 5.26 Å². The number of nitrogens with zero attached hydrogens (tertiary/aromatic N) is 7. The first-order chi connectivity index (χ1) is 19.9. The standard InChI is InChI=1S/C32H36N8O/c1-4-23-12-26(32(16-24(17-32)7-8-33)31-37-35-21-38(31)3)15-27(13-23)36-30(41)28-14-25(20-40-11-9-34-29(28)40)19-39-10-5-6-22(2)18-39/h4,9,11-15,20-22,24H,1,5-7,10,16-19H2,2-3H3,(H,36,41)/t22-,24?,32?/m0/s1. The quantitative estimate of drug-likeness (QED) is 0.325. The molecule has 4 aromatic rings. The van der Waals surface area contributed by atoms with Crippen molar-refractivity contribution >= 4 is 23.3 Å². The van der Waals surface area contributed by atoms with Gasteiger partial charge in [-0.3, -0.25) is 9.69 Å². The van der Waals surface area contributed by atoms with E-state index in [-0.39, 0.29) is 11.3 Å². The van der Waals surface area contributed by atoms with Crippen LogP contribution in [-0.2, 0) is 19.0 Å². The van der Waals surface area contributed by atoms with E-state index in [1.54, 1.807) is 18.6 Å². The number of hydrogen-bond donors (Lipinski definition) is 1. The van der Waals surface area contributed by atoms with E-state index in [1.807, 2.05) is 40.4 Å². The molecule has 4 heterocycles. The third kappa shape index (κ3) is 5.16. The highest BCUT2D eigenvalue weighted by molar-refractivity contribution is 6.08. The Bertz CT molecular complexity index is 1640. The summed E-state index contributed by atoms with van der Waals surface area (Å²) >= 11 is 0. The van der Waals surface area contributed by atoms with Gasteiger partial charge in [-0.25, -0.2) is 4.98 Å². The van der Waals surface area contributed by atoms with Crippen LogP contribution in [0.1, 0.15) is 71.9 Å². The van der Waals surface area contributed by atoms with Gasteiger partial charge < -0.3 is 14.3 Å². The number of pyridine rings is 1. The predicted molar refractivity (Wildman–Crippen MR) is 158 cm³/mol. The molecule has 41 heavy (non-hydrogen) atoms. The average molecular weight is 549 g/mol. The predicted octanol–water partition coefficient (Wildman–Crippen LogP) is 5.20. The maximum Gasteiger partial charge on any atom is 0.259 e. The fraction of sp³-hybridized carbons (Fsp3) is 0.406. The van der Waals surface area contributed by atoms with Gasteiger partial charge in [0.1, 0.15) is 17.8 Å². The van der Waals surface area contributed by atoms with E-state index in [4.69, 9.17) is 0 Å². The highest BCUT2D eigenvalue weighted by Gasteiger charge is 2.49. The fourth-order valence-corrected chi connectivity index (χ4v) is 6.81. The van der Waals surface area contributed by atoms with Crippen molar-refractivity contribution in [3.05, 3.63) is 83.8 Å². The van der Waals surface area contributed by atoms with Gasteiger partial charge in [-0.05, 0) is 79.0 Å². The molecule has 210 valence electrons. The lowest BCUT2D eigenvalue weighted by Gasteiger charge is -2.46. The first kappa shape index (κ1) is 26.9. The zero-order chi connectivity index (χ0) is 28.6. The third-order valence-corrected chi connectivity index (χ3v) is 8.73. The van der Waals surface area contributed by atoms with Crippen LogP contribution in [0.5, 0.6) is 0 Å². The molecule has 1 aliphatic carbocycles. The van der Waals surface area contributed by atoms with E-state index in [0.29, 0.717) is 35.2 Å². The summed E-state index contributed by atoms with van der Waals surface area (Å²) in [5.74, 6) is 1.64. The number of likely N-dealkylation sites (tertiary alicyclic amines) is 1. The van der Waals surface area contributed by atoms with Gasteiger partial charge in [0.15, 0.2) is 0 Å². The second-order valence-electron chi connectivity index (χ2n) is 11.9. The molecule has 1 N–H and O–H groups in total. The van der Waals surface area contributed by atoms with E-state index in [1.165, 1.54) is 12.8 Å². The zero-order valence-corrected chi connectivity index (χ0v) is 23.8. The number of imidazole rings is 1. The van der Waals surface area contributed by atoms with Crippen molar-refractivity contribution < 1.29 is 4.79 Å². The third-order valence-electron chi connectivity index (χ3n) is 8.73. The lowest BCUT2D eigenvalue weighted by atomic mass is 9.57. The number of piperidine rings is 1. The van der Waals surface area contributed by atoms with Crippen LogP contribution in [0, 0.1) is 23.2 Å². The van der Waals surface area contributed by atoms with Gasteiger partial charge >= 0.3 is 0 Å². The number of rotatable bonds is 8. The second-order valence-corrected chi connectivity index (χ2v) is 11.9. The minimum atomic E-state index is -0.382. The Morgan fingerprint density at radius 3 is 2.88 bits per heavy atom. The molecule has 1 amide bonds. The van der Waals surface area contributed by atoms with E-state index in [9.17, 15) is 10.1 Å². The number of carbonyl (C=O) groups is 1. The Labute approximate surface area is 240 Å². The molecule has 0 radical (unpaired) electrons. The average Bonchev–Trinajstić information content (AvgIpc) is 3.59. The van der Waals surface area contributed by atoms with Crippen LogP contribution in [0.2, 0.25) is 0 Å². The summed E-state index contributed by atoms with van der Waals surface area (Å²) in [6.07, 6.45) is 13.8. The highest BCUT2D eigenvalue weighted by atomic mass is 16.1. The van der Waals surface area contributed by atoms with Crippen molar-refractivity contribution in [2.75, 3.05) is 18.4 Å². The Balaban J connectivity index is 1.32. The lowest BCUT2D eigenvalue weighted by Crippen LogP contribution is -2.44. The van der Waals surface area contributed by atoms with Gasteiger partial charge in [0.25, 0.3) is 5.91 Å². The van der Waals surface area contributed by atoms with Crippen LogP contribution >= 0.6 is 0 Å². The van der Waals surface area contributed by atoms with Crippen molar-refractivity contribution in [2.24, 2.45) is 18.9 Å². The normalized spacial score (nSPS) is 22.7. The molecule has 1 atom stereocenters. The van der Waals surface area contributed by atoms with Gasteiger partial charge in [0.2, 0.25) is 0 Å². The minimum absolute atomic E-state index is 0.203. The summed E-state index contributed by atoms with van der Waals surface area (Å²) in [5, 5.41) is 21.1.